The Morgan fingerprint density at radius 1 is 0.558 bits per heavy atom. The second kappa shape index (κ2) is 12.2. The van der Waals surface area contributed by atoms with Gasteiger partial charge >= 0.3 is 0 Å². The summed E-state index contributed by atoms with van der Waals surface area (Å²) in [6, 6.07) is 52.2. The molecule has 43 heavy (non-hydrogen) atoms. The molecule has 0 radical (unpaired) electrons. The zero-order chi connectivity index (χ0) is 28.5. The number of nitrogens with zero attached hydrogens (tertiary/aromatic N) is 2. The standard InChI is InChI=1S/C39H29N2S.Pt/c1-39(2,38-41-36-19-9-10-22-37(36)42-38)33-25-31(28-15-7-4-8-16-28)24-32(26-33)35-21-12-20-34(40-35)30-18-11-17-29(23-30)27-13-5-3-6-14-27;/h3-17,19-26H,1-2H3;/q-1;. The van der Waals surface area contributed by atoms with E-state index in [2.05, 4.69) is 147 Å². The fourth-order valence-corrected chi connectivity index (χ4v) is 6.46. The molecule has 5 aromatic carbocycles. The molecule has 0 unspecified atom stereocenters. The molecule has 0 atom stereocenters. The van der Waals surface area contributed by atoms with Gasteiger partial charge in [-0.1, -0.05) is 91.0 Å². The van der Waals surface area contributed by atoms with Crippen LogP contribution < -0.4 is 0 Å². The van der Waals surface area contributed by atoms with E-state index in [9.17, 15) is 0 Å². The third-order valence-electron chi connectivity index (χ3n) is 7.82. The molecular formula is C39H29N2PtS-. The molecule has 0 amide bonds. The predicted octanol–water partition coefficient (Wildman–Crippen LogP) is 10.5. The number of aromatic nitrogens is 2. The average Bonchev–Trinajstić information content (AvgIpc) is 3.51. The number of hydrogen-bond donors (Lipinski definition) is 0. The first-order valence-electron chi connectivity index (χ1n) is 14.2. The Balaban J connectivity index is 0.00000329. The first kappa shape index (κ1) is 28.9. The second-order valence-electron chi connectivity index (χ2n) is 11.0. The van der Waals surface area contributed by atoms with Crippen LogP contribution in [-0.2, 0) is 26.5 Å². The minimum atomic E-state index is -0.293. The van der Waals surface area contributed by atoms with Gasteiger partial charge in [-0.3, -0.25) is 4.98 Å². The zero-order valence-electron chi connectivity index (χ0n) is 23.9. The van der Waals surface area contributed by atoms with Crippen molar-refractivity contribution in [2.45, 2.75) is 19.3 Å². The van der Waals surface area contributed by atoms with Crippen LogP contribution in [0.25, 0.3) is 55.0 Å². The maximum absolute atomic E-state index is 5.17. The van der Waals surface area contributed by atoms with E-state index in [-0.39, 0.29) is 26.5 Å². The van der Waals surface area contributed by atoms with Crippen LogP contribution in [0.3, 0.4) is 0 Å². The van der Waals surface area contributed by atoms with Crippen molar-refractivity contribution in [1.29, 1.82) is 0 Å². The van der Waals surface area contributed by atoms with Crippen LogP contribution in [0, 0.1) is 6.07 Å². The number of benzene rings is 5. The predicted molar refractivity (Wildman–Crippen MR) is 177 cm³/mol. The molecule has 0 aliphatic rings. The van der Waals surface area contributed by atoms with Crippen molar-refractivity contribution in [3.63, 3.8) is 0 Å². The summed E-state index contributed by atoms with van der Waals surface area (Å²) in [5.41, 5.74) is 10.6. The van der Waals surface area contributed by atoms with Crippen LogP contribution in [-0.4, -0.2) is 9.97 Å². The van der Waals surface area contributed by atoms with Crippen molar-refractivity contribution in [2.75, 3.05) is 0 Å². The quantitative estimate of drug-likeness (QED) is 0.158. The summed E-state index contributed by atoms with van der Waals surface area (Å²) >= 11 is 1.77. The fraction of sp³-hybridized carbons (Fsp3) is 0.0769. The van der Waals surface area contributed by atoms with E-state index in [4.69, 9.17) is 9.97 Å². The molecule has 0 fully saturated rings. The summed E-state index contributed by atoms with van der Waals surface area (Å²) in [7, 11) is 0. The monoisotopic (exact) mass is 752 g/mol. The minimum absolute atomic E-state index is 0. The van der Waals surface area contributed by atoms with Gasteiger partial charge in [-0.15, -0.1) is 46.7 Å². The van der Waals surface area contributed by atoms with Crippen molar-refractivity contribution in [3.05, 3.63) is 156 Å². The van der Waals surface area contributed by atoms with Crippen LogP contribution in [0.15, 0.2) is 140 Å². The average molecular weight is 753 g/mol. The van der Waals surface area contributed by atoms with Gasteiger partial charge in [-0.25, -0.2) is 4.98 Å². The molecule has 0 saturated heterocycles. The molecule has 7 rings (SSSR count). The summed E-state index contributed by atoms with van der Waals surface area (Å²) in [5.74, 6) is 0. The van der Waals surface area contributed by atoms with E-state index < -0.39 is 0 Å². The number of hydrogen-bond acceptors (Lipinski definition) is 3. The Morgan fingerprint density at radius 3 is 1.95 bits per heavy atom. The van der Waals surface area contributed by atoms with Crippen LogP contribution in [0.4, 0.5) is 0 Å². The third kappa shape index (κ3) is 5.89. The molecule has 4 heteroatoms. The summed E-state index contributed by atoms with van der Waals surface area (Å²) in [6.45, 7) is 4.54. The van der Waals surface area contributed by atoms with E-state index >= 15 is 0 Å². The Hall–Kier alpha value is -4.17. The van der Waals surface area contributed by atoms with Gasteiger partial charge in [-0.2, -0.15) is 0 Å². The number of rotatable bonds is 6. The molecule has 0 aliphatic carbocycles. The Labute approximate surface area is 271 Å². The van der Waals surface area contributed by atoms with Crippen LogP contribution in [0.1, 0.15) is 24.4 Å². The molecule has 0 aliphatic heterocycles. The molecule has 2 aromatic heterocycles. The topological polar surface area (TPSA) is 25.8 Å². The van der Waals surface area contributed by atoms with Crippen molar-refractivity contribution >= 4 is 21.6 Å². The largest absolute Gasteiger partial charge is 0.296 e. The van der Waals surface area contributed by atoms with E-state index in [0.29, 0.717) is 0 Å². The molecular weight excluding hydrogens is 724 g/mol. The van der Waals surface area contributed by atoms with E-state index in [0.717, 1.165) is 38.6 Å². The SMILES string of the molecule is CC(C)(c1cc(-c2ccccc2)cc(-c2cccc(-c3[c-]ccc(-c4ccccc4)c3)n2)c1)c1nc2ccccc2s1.[Pt]. The fourth-order valence-electron chi connectivity index (χ4n) is 5.37. The van der Waals surface area contributed by atoms with Crippen molar-refractivity contribution < 1.29 is 21.1 Å². The van der Waals surface area contributed by atoms with Crippen molar-refractivity contribution in [1.82, 2.24) is 9.97 Å². The number of pyridine rings is 1. The number of thiazole rings is 1. The van der Waals surface area contributed by atoms with E-state index in [1.54, 1.807) is 11.3 Å². The van der Waals surface area contributed by atoms with Gasteiger partial charge in [0.25, 0.3) is 0 Å². The Bertz CT molecular complexity index is 1980. The molecule has 212 valence electrons. The van der Waals surface area contributed by atoms with Gasteiger partial charge in [0.05, 0.1) is 15.9 Å². The van der Waals surface area contributed by atoms with Crippen molar-refractivity contribution in [3.8, 4) is 44.8 Å². The molecule has 0 N–H and O–H groups in total. The maximum Gasteiger partial charge on any atom is 0.104 e. The van der Waals surface area contributed by atoms with Gasteiger partial charge in [0.15, 0.2) is 0 Å². The minimum Gasteiger partial charge on any atom is -0.296 e. The van der Waals surface area contributed by atoms with Crippen LogP contribution in [0.5, 0.6) is 0 Å². The smallest absolute Gasteiger partial charge is 0.104 e. The number of para-hydroxylation sites is 1. The van der Waals surface area contributed by atoms with E-state index in [1.165, 1.54) is 27.0 Å². The summed E-state index contributed by atoms with van der Waals surface area (Å²) in [4.78, 5) is 10.2. The maximum atomic E-state index is 5.17. The van der Waals surface area contributed by atoms with Gasteiger partial charge in [0.1, 0.15) is 5.01 Å². The first-order valence-corrected chi connectivity index (χ1v) is 15.0. The van der Waals surface area contributed by atoms with Crippen LogP contribution in [0.2, 0.25) is 0 Å². The second-order valence-corrected chi connectivity index (χ2v) is 12.1. The zero-order valence-corrected chi connectivity index (χ0v) is 27.0. The molecule has 7 aromatic rings. The normalized spacial score (nSPS) is 11.3. The Kier molecular flexibility index (Phi) is 8.21. The van der Waals surface area contributed by atoms with Crippen LogP contribution >= 0.6 is 11.3 Å². The summed E-state index contributed by atoms with van der Waals surface area (Å²) in [5, 5.41) is 1.11. The van der Waals surface area contributed by atoms with Gasteiger partial charge in [0, 0.05) is 32.0 Å². The van der Waals surface area contributed by atoms with E-state index in [1.807, 2.05) is 12.1 Å². The molecule has 0 saturated carbocycles. The van der Waals surface area contributed by atoms with Gasteiger partial charge < -0.3 is 0 Å². The molecule has 2 nitrogen and oxygen atoms in total. The van der Waals surface area contributed by atoms with Crippen molar-refractivity contribution in [2.24, 2.45) is 0 Å². The summed E-state index contributed by atoms with van der Waals surface area (Å²) in [6.07, 6.45) is 0. The molecule has 2 heterocycles. The third-order valence-corrected chi connectivity index (χ3v) is 9.18. The molecule has 0 spiro atoms. The van der Waals surface area contributed by atoms with Gasteiger partial charge in [0.2, 0.25) is 0 Å². The van der Waals surface area contributed by atoms with Gasteiger partial charge in [-0.05, 0) is 72.1 Å². The summed E-state index contributed by atoms with van der Waals surface area (Å²) < 4.78 is 1.21. The Morgan fingerprint density at radius 2 is 1.21 bits per heavy atom. The first-order chi connectivity index (χ1) is 20.5. The number of fused-ring (bicyclic) bond motifs is 1. The molecule has 0 bridgehead atoms.